The van der Waals surface area contributed by atoms with Gasteiger partial charge in [0.05, 0.1) is 18.7 Å². The number of fused-ring (bicyclic) bond motifs is 3. The second-order valence-corrected chi connectivity index (χ2v) is 4.64. The van der Waals surface area contributed by atoms with Gasteiger partial charge >= 0.3 is 0 Å². The van der Waals surface area contributed by atoms with Crippen LogP contribution < -0.4 is 9.47 Å². The summed E-state index contributed by atoms with van der Waals surface area (Å²) in [5.74, 6) is 2.09. The van der Waals surface area contributed by atoms with Crippen molar-refractivity contribution in [1.82, 2.24) is 29.8 Å². The SMILES string of the molecule is COc1ccc(OCc2nc3c4cn[nH]c4ncn3n2)cc1. The second kappa shape index (κ2) is 4.99. The summed E-state index contributed by atoms with van der Waals surface area (Å²) < 4.78 is 12.4. The number of hydrogen-bond acceptors (Lipinski definition) is 6. The fourth-order valence-corrected chi connectivity index (χ4v) is 2.17. The first-order valence-electron chi connectivity index (χ1n) is 6.64. The third-order valence-electron chi connectivity index (χ3n) is 3.26. The highest BCUT2D eigenvalue weighted by molar-refractivity contribution is 5.87. The summed E-state index contributed by atoms with van der Waals surface area (Å²) in [7, 11) is 1.63. The molecular formula is C14H12N6O2. The summed E-state index contributed by atoms with van der Waals surface area (Å²) in [5.41, 5.74) is 1.38. The lowest BCUT2D eigenvalue weighted by atomic mass is 10.3. The fourth-order valence-electron chi connectivity index (χ4n) is 2.17. The fraction of sp³-hybridized carbons (Fsp3) is 0.143. The van der Waals surface area contributed by atoms with Gasteiger partial charge < -0.3 is 9.47 Å². The van der Waals surface area contributed by atoms with Gasteiger partial charge in [-0.1, -0.05) is 0 Å². The summed E-state index contributed by atoms with van der Waals surface area (Å²) in [6, 6.07) is 7.35. The van der Waals surface area contributed by atoms with E-state index in [4.69, 9.17) is 9.47 Å². The summed E-state index contributed by atoms with van der Waals surface area (Å²) in [5, 5.41) is 11.9. The zero-order valence-corrected chi connectivity index (χ0v) is 11.7. The van der Waals surface area contributed by atoms with Crippen molar-refractivity contribution in [2.75, 3.05) is 7.11 Å². The Labute approximate surface area is 124 Å². The molecular weight excluding hydrogens is 284 g/mol. The standard InChI is InChI=1S/C14H12N6O2/c1-21-9-2-4-10(5-3-9)22-7-12-17-14-11-6-16-18-13(11)15-8-20(14)19-12/h2-6,8H,7H2,1H3,(H,16,18). The van der Waals surface area contributed by atoms with E-state index < -0.39 is 0 Å². The minimum Gasteiger partial charge on any atom is -0.497 e. The van der Waals surface area contributed by atoms with Crippen molar-refractivity contribution >= 4 is 16.7 Å². The Kier molecular flexibility index (Phi) is 2.85. The van der Waals surface area contributed by atoms with E-state index in [9.17, 15) is 0 Å². The van der Waals surface area contributed by atoms with Crippen LogP contribution in [0, 0.1) is 0 Å². The molecule has 110 valence electrons. The Morgan fingerprint density at radius 2 is 2.00 bits per heavy atom. The van der Waals surface area contributed by atoms with Crippen molar-refractivity contribution in [2.45, 2.75) is 6.61 Å². The van der Waals surface area contributed by atoms with Gasteiger partial charge in [0.15, 0.2) is 17.1 Å². The topological polar surface area (TPSA) is 90.2 Å². The van der Waals surface area contributed by atoms with Crippen molar-refractivity contribution < 1.29 is 9.47 Å². The quantitative estimate of drug-likeness (QED) is 0.615. The van der Waals surface area contributed by atoms with Crippen molar-refractivity contribution in [3.05, 3.63) is 42.6 Å². The highest BCUT2D eigenvalue weighted by Crippen LogP contribution is 2.18. The van der Waals surface area contributed by atoms with E-state index in [0.717, 1.165) is 16.9 Å². The van der Waals surface area contributed by atoms with E-state index in [1.54, 1.807) is 24.1 Å². The zero-order chi connectivity index (χ0) is 14.9. The molecule has 4 rings (SSSR count). The number of aromatic amines is 1. The maximum Gasteiger partial charge on any atom is 0.189 e. The highest BCUT2D eigenvalue weighted by atomic mass is 16.5. The van der Waals surface area contributed by atoms with E-state index in [2.05, 4.69) is 25.3 Å². The number of rotatable bonds is 4. The number of nitrogens with zero attached hydrogens (tertiary/aromatic N) is 5. The molecule has 0 aliphatic carbocycles. The van der Waals surface area contributed by atoms with Gasteiger partial charge in [0.25, 0.3) is 0 Å². The Balaban J connectivity index is 1.58. The maximum absolute atomic E-state index is 5.68. The Hall–Kier alpha value is -3.16. The number of ether oxygens (including phenoxy) is 2. The first-order chi connectivity index (χ1) is 10.8. The average molecular weight is 296 g/mol. The third-order valence-corrected chi connectivity index (χ3v) is 3.26. The molecule has 1 N–H and O–H groups in total. The van der Waals surface area contributed by atoms with Crippen LogP contribution in [0.5, 0.6) is 11.5 Å². The Morgan fingerprint density at radius 3 is 2.82 bits per heavy atom. The van der Waals surface area contributed by atoms with Crippen molar-refractivity contribution in [3.8, 4) is 11.5 Å². The molecule has 3 aromatic heterocycles. The van der Waals surface area contributed by atoms with Gasteiger partial charge in [0.1, 0.15) is 24.4 Å². The van der Waals surface area contributed by atoms with Crippen LogP contribution in [0.4, 0.5) is 0 Å². The van der Waals surface area contributed by atoms with E-state index in [0.29, 0.717) is 17.1 Å². The molecule has 0 aliphatic rings. The molecule has 22 heavy (non-hydrogen) atoms. The van der Waals surface area contributed by atoms with Gasteiger partial charge in [0, 0.05) is 0 Å². The van der Waals surface area contributed by atoms with E-state index in [1.807, 2.05) is 24.3 Å². The molecule has 3 heterocycles. The summed E-state index contributed by atoms with van der Waals surface area (Å²) in [6.07, 6.45) is 3.28. The summed E-state index contributed by atoms with van der Waals surface area (Å²) in [6.45, 7) is 0.271. The van der Waals surface area contributed by atoms with Crippen molar-refractivity contribution in [3.63, 3.8) is 0 Å². The highest BCUT2D eigenvalue weighted by Gasteiger charge is 2.10. The largest absolute Gasteiger partial charge is 0.497 e. The van der Waals surface area contributed by atoms with E-state index in [-0.39, 0.29) is 6.61 Å². The smallest absolute Gasteiger partial charge is 0.189 e. The minimum absolute atomic E-state index is 0.271. The lowest BCUT2D eigenvalue weighted by Crippen LogP contribution is -1.98. The molecule has 1 aromatic carbocycles. The van der Waals surface area contributed by atoms with Gasteiger partial charge in [-0.05, 0) is 24.3 Å². The van der Waals surface area contributed by atoms with Gasteiger partial charge in [0.2, 0.25) is 0 Å². The molecule has 4 aromatic rings. The van der Waals surface area contributed by atoms with Crippen LogP contribution in [-0.4, -0.2) is 36.9 Å². The lowest BCUT2D eigenvalue weighted by Gasteiger charge is -2.04. The number of H-pyrrole nitrogens is 1. The second-order valence-electron chi connectivity index (χ2n) is 4.64. The molecule has 0 saturated heterocycles. The normalized spacial score (nSPS) is 11.1. The molecule has 0 amide bonds. The first-order valence-corrected chi connectivity index (χ1v) is 6.64. The molecule has 0 radical (unpaired) electrons. The molecule has 0 atom stereocenters. The predicted molar refractivity (Wildman–Crippen MR) is 77.8 cm³/mol. The van der Waals surface area contributed by atoms with Crippen LogP contribution in [0.25, 0.3) is 16.7 Å². The maximum atomic E-state index is 5.68. The van der Waals surface area contributed by atoms with Crippen molar-refractivity contribution in [1.29, 1.82) is 0 Å². The molecule has 8 heteroatoms. The summed E-state index contributed by atoms with van der Waals surface area (Å²) in [4.78, 5) is 8.67. The first kappa shape index (κ1) is 12.6. The number of methoxy groups -OCH3 is 1. The number of hydrogen-bond donors (Lipinski definition) is 1. The molecule has 8 nitrogen and oxygen atoms in total. The average Bonchev–Trinajstić information content (AvgIpc) is 3.18. The minimum atomic E-state index is 0.271. The lowest BCUT2D eigenvalue weighted by molar-refractivity contribution is 0.295. The van der Waals surface area contributed by atoms with Crippen LogP contribution in [0.2, 0.25) is 0 Å². The van der Waals surface area contributed by atoms with Crippen molar-refractivity contribution in [2.24, 2.45) is 0 Å². The predicted octanol–water partition coefficient (Wildman–Crippen LogP) is 1.59. The number of aromatic nitrogens is 6. The van der Waals surface area contributed by atoms with Gasteiger partial charge in [-0.25, -0.2) is 14.5 Å². The van der Waals surface area contributed by atoms with Crippen LogP contribution in [-0.2, 0) is 6.61 Å². The molecule has 0 unspecified atom stereocenters. The van der Waals surface area contributed by atoms with E-state index >= 15 is 0 Å². The zero-order valence-electron chi connectivity index (χ0n) is 11.7. The number of benzene rings is 1. The molecule has 0 saturated carbocycles. The number of nitrogens with one attached hydrogen (secondary N) is 1. The monoisotopic (exact) mass is 296 g/mol. The molecule has 0 spiro atoms. The van der Waals surface area contributed by atoms with Gasteiger partial charge in [-0.15, -0.1) is 5.10 Å². The van der Waals surface area contributed by atoms with E-state index in [1.165, 1.54) is 0 Å². The van der Waals surface area contributed by atoms with Crippen LogP contribution in [0.15, 0.2) is 36.8 Å². The summed E-state index contributed by atoms with van der Waals surface area (Å²) >= 11 is 0. The van der Waals surface area contributed by atoms with Gasteiger partial charge in [-0.3, -0.25) is 5.10 Å². The molecule has 0 bridgehead atoms. The third kappa shape index (κ3) is 2.10. The molecule has 0 fully saturated rings. The molecule has 0 aliphatic heterocycles. The Bertz CT molecular complexity index is 927. The van der Waals surface area contributed by atoms with Crippen LogP contribution >= 0.6 is 0 Å². The van der Waals surface area contributed by atoms with Crippen LogP contribution in [0.1, 0.15) is 5.82 Å². The van der Waals surface area contributed by atoms with Gasteiger partial charge in [-0.2, -0.15) is 5.10 Å². The van der Waals surface area contributed by atoms with Crippen LogP contribution in [0.3, 0.4) is 0 Å². The Morgan fingerprint density at radius 1 is 1.18 bits per heavy atom.